The maximum absolute atomic E-state index is 12.6. The largest absolute Gasteiger partial charge is 0.338 e. The minimum absolute atomic E-state index is 0.243. The first kappa shape index (κ1) is 20.4. The summed E-state index contributed by atoms with van der Waals surface area (Å²) in [7, 11) is 0. The molecule has 8 heteroatoms. The molecule has 0 saturated heterocycles. The Balaban J connectivity index is 2.09. The van der Waals surface area contributed by atoms with Crippen LogP contribution in [0, 0.1) is 20.8 Å². The van der Waals surface area contributed by atoms with E-state index in [1.807, 2.05) is 26.0 Å². The maximum atomic E-state index is 12.6. The summed E-state index contributed by atoms with van der Waals surface area (Å²) in [5, 5.41) is 8.77. The van der Waals surface area contributed by atoms with Crippen molar-refractivity contribution in [1.82, 2.24) is 10.3 Å². The van der Waals surface area contributed by atoms with Gasteiger partial charge >= 0.3 is 6.03 Å². The topological polar surface area (TPSA) is 83.1 Å². The standard InChI is InChI=1S/C18H23BrN4O2S/c1-5-6-7-20-17(25)23-18-21-12(4)15(26-18)16(24)22-14-11(3)8-10(2)9-13(14)19/h8-9H,5-7H2,1-4H3,(H,22,24)(H2,20,21,23,25). The van der Waals surface area contributed by atoms with Crippen LogP contribution in [0.5, 0.6) is 0 Å². The number of anilines is 2. The van der Waals surface area contributed by atoms with Crippen molar-refractivity contribution in [3.8, 4) is 0 Å². The van der Waals surface area contributed by atoms with Gasteiger partial charge in [-0.2, -0.15) is 0 Å². The second kappa shape index (κ2) is 9.14. The van der Waals surface area contributed by atoms with Crippen molar-refractivity contribution in [2.24, 2.45) is 0 Å². The van der Waals surface area contributed by atoms with Crippen LogP contribution in [0.2, 0.25) is 0 Å². The molecule has 1 aromatic carbocycles. The van der Waals surface area contributed by atoms with Crippen molar-refractivity contribution in [2.75, 3.05) is 17.2 Å². The van der Waals surface area contributed by atoms with Gasteiger partial charge in [0.05, 0.1) is 11.4 Å². The van der Waals surface area contributed by atoms with Gasteiger partial charge in [0.25, 0.3) is 5.91 Å². The first-order valence-electron chi connectivity index (χ1n) is 8.42. The zero-order chi connectivity index (χ0) is 19.3. The average molecular weight is 439 g/mol. The lowest BCUT2D eigenvalue weighted by Gasteiger charge is -2.11. The first-order chi connectivity index (χ1) is 12.3. The van der Waals surface area contributed by atoms with E-state index in [4.69, 9.17) is 0 Å². The third-order valence-corrected chi connectivity index (χ3v) is 5.41. The highest BCUT2D eigenvalue weighted by atomic mass is 79.9. The minimum Gasteiger partial charge on any atom is -0.338 e. The van der Waals surface area contributed by atoms with E-state index in [2.05, 4.69) is 43.8 Å². The third-order valence-electron chi connectivity index (χ3n) is 3.71. The molecule has 0 aliphatic carbocycles. The molecule has 3 N–H and O–H groups in total. The number of aromatic nitrogens is 1. The Bertz CT molecular complexity index is 797. The summed E-state index contributed by atoms with van der Waals surface area (Å²) in [6.45, 7) is 8.37. The first-order valence-corrected chi connectivity index (χ1v) is 10.0. The molecule has 0 atom stereocenters. The van der Waals surface area contributed by atoms with Crippen LogP contribution in [-0.4, -0.2) is 23.5 Å². The number of carbonyl (C=O) groups is 2. The van der Waals surface area contributed by atoms with Gasteiger partial charge in [0.2, 0.25) is 0 Å². The van der Waals surface area contributed by atoms with Crippen molar-refractivity contribution >= 4 is 50.0 Å². The molecule has 1 aromatic heterocycles. The second-order valence-electron chi connectivity index (χ2n) is 6.06. The number of benzene rings is 1. The Morgan fingerprint density at radius 1 is 1.19 bits per heavy atom. The third kappa shape index (κ3) is 5.28. The summed E-state index contributed by atoms with van der Waals surface area (Å²) in [6.07, 6.45) is 1.93. The Morgan fingerprint density at radius 2 is 1.92 bits per heavy atom. The molecule has 0 unspecified atom stereocenters. The van der Waals surface area contributed by atoms with Gasteiger partial charge in [0.15, 0.2) is 5.13 Å². The van der Waals surface area contributed by atoms with Gasteiger partial charge in [-0.15, -0.1) is 0 Å². The van der Waals surface area contributed by atoms with Crippen LogP contribution in [0.4, 0.5) is 15.6 Å². The van der Waals surface area contributed by atoms with Crippen LogP contribution in [-0.2, 0) is 0 Å². The number of urea groups is 1. The lowest BCUT2D eigenvalue weighted by Crippen LogP contribution is -2.29. The summed E-state index contributed by atoms with van der Waals surface area (Å²) in [5.41, 5.74) is 3.40. The molecule has 0 saturated carbocycles. The number of halogens is 1. The normalized spacial score (nSPS) is 10.5. The zero-order valence-electron chi connectivity index (χ0n) is 15.3. The highest BCUT2D eigenvalue weighted by Gasteiger charge is 2.18. The number of aryl methyl sites for hydroxylation is 3. The van der Waals surface area contributed by atoms with Crippen LogP contribution in [0.25, 0.3) is 0 Å². The lowest BCUT2D eigenvalue weighted by molar-refractivity contribution is 0.102. The summed E-state index contributed by atoms with van der Waals surface area (Å²) < 4.78 is 0.833. The number of carbonyl (C=O) groups excluding carboxylic acids is 2. The Hall–Kier alpha value is -1.93. The van der Waals surface area contributed by atoms with Crippen LogP contribution in [0.3, 0.4) is 0 Å². The number of nitrogens with zero attached hydrogens (tertiary/aromatic N) is 1. The van der Waals surface area contributed by atoms with Crippen LogP contribution in [0.1, 0.15) is 46.3 Å². The molecule has 6 nitrogen and oxygen atoms in total. The fourth-order valence-corrected chi connectivity index (χ4v) is 4.05. The number of nitrogens with one attached hydrogen (secondary N) is 3. The molecule has 0 aliphatic rings. The van der Waals surface area contributed by atoms with Crippen LogP contribution in [0.15, 0.2) is 16.6 Å². The molecule has 0 fully saturated rings. The van der Waals surface area contributed by atoms with E-state index < -0.39 is 0 Å². The van der Waals surface area contributed by atoms with Crippen molar-refractivity contribution in [3.63, 3.8) is 0 Å². The van der Waals surface area contributed by atoms with Gasteiger partial charge < -0.3 is 10.6 Å². The Labute approximate surface area is 165 Å². The summed E-state index contributed by atoms with van der Waals surface area (Å²) in [6, 6.07) is 3.65. The highest BCUT2D eigenvalue weighted by Crippen LogP contribution is 2.30. The number of unbranched alkanes of at least 4 members (excludes halogenated alkanes) is 1. The second-order valence-corrected chi connectivity index (χ2v) is 7.91. The molecule has 1 heterocycles. The lowest BCUT2D eigenvalue weighted by atomic mass is 10.1. The summed E-state index contributed by atoms with van der Waals surface area (Å²) in [4.78, 5) is 29.2. The van der Waals surface area contributed by atoms with Crippen LogP contribution >= 0.6 is 27.3 Å². The molecule has 3 amide bonds. The molecule has 0 spiro atoms. The SMILES string of the molecule is CCCCNC(=O)Nc1nc(C)c(C(=O)Nc2c(C)cc(C)cc2Br)s1. The number of thiazole rings is 1. The summed E-state index contributed by atoms with van der Waals surface area (Å²) >= 11 is 4.65. The Morgan fingerprint density at radius 3 is 2.58 bits per heavy atom. The quantitative estimate of drug-likeness (QED) is 0.554. The maximum Gasteiger partial charge on any atom is 0.321 e. The van der Waals surface area contributed by atoms with E-state index in [9.17, 15) is 9.59 Å². The van der Waals surface area contributed by atoms with E-state index in [0.717, 1.165) is 45.5 Å². The van der Waals surface area contributed by atoms with Gasteiger partial charge in [-0.1, -0.05) is 30.7 Å². The van der Waals surface area contributed by atoms with E-state index in [0.29, 0.717) is 22.2 Å². The minimum atomic E-state index is -0.309. The number of rotatable bonds is 6. The van der Waals surface area contributed by atoms with Crippen molar-refractivity contribution in [1.29, 1.82) is 0 Å². The van der Waals surface area contributed by atoms with Crippen molar-refractivity contribution in [3.05, 3.63) is 38.3 Å². The van der Waals surface area contributed by atoms with Gasteiger partial charge in [-0.25, -0.2) is 9.78 Å². The van der Waals surface area contributed by atoms with E-state index in [-0.39, 0.29) is 11.9 Å². The smallest absolute Gasteiger partial charge is 0.321 e. The zero-order valence-corrected chi connectivity index (χ0v) is 17.7. The van der Waals surface area contributed by atoms with E-state index in [1.165, 1.54) is 0 Å². The predicted octanol–water partition coefficient (Wildman–Crippen LogP) is 5.00. The molecule has 0 radical (unpaired) electrons. The molecule has 140 valence electrons. The molecular formula is C18H23BrN4O2S. The molecule has 26 heavy (non-hydrogen) atoms. The Kier molecular flexibility index (Phi) is 7.16. The fraction of sp³-hybridized carbons (Fsp3) is 0.389. The van der Waals surface area contributed by atoms with Gasteiger partial charge in [0, 0.05) is 11.0 Å². The van der Waals surface area contributed by atoms with Crippen molar-refractivity contribution in [2.45, 2.75) is 40.5 Å². The van der Waals surface area contributed by atoms with Gasteiger partial charge in [-0.3, -0.25) is 10.1 Å². The molecule has 0 bridgehead atoms. The summed E-state index contributed by atoms with van der Waals surface area (Å²) in [5.74, 6) is -0.243. The molecule has 2 rings (SSSR count). The number of amides is 3. The molecule has 2 aromatic rings. The highest BCUT2D eigenvalue weighted by molar-refractivity contribution is 9.10. The number of hydrogen-bond acceptors (Lipinski definition) is 4. The fourth-order valence-electron chi connectivity index (χ4n) is 2.42. The monoisotopic (exact) mass is 438 g/mol. The van der Waals surface area contributed by atoms with Crippen LogP contribution < -0.4 is 16.0 Å². The molecule has 0 aliphatic heterocycles. The van der Waals surface area contributed by atoms with Crippen molar-refractivity contribution < 1.29 is 9.59 Å². The molecular weight excluding hydrogens is 416 g/mol. The number of hydrogen-bond donors (Lipinski definition) is 3. The average Bonchev–Trinajstić information content (AvgIpc) is 2.91. The van der Waals surface area contributed by atoms with Gasteiger partial charge in [-0.05, 0) is 60.3 Å². The van der Waals surface area contributed by atoms with E-state index >= 15 is 0 Å². The van der Waals surface area contributed by atoms with Gasteiger partial charge in [0.1, 0.15) is 4.88 Å². The van der Waals surface area contributed by atoms with E-state index in [1.54, 1.807) is 6.92 Å². The predicted molar refractivity (Wildman–Crippen MR) is 110 cm³/mol.